The van der Waals surface area contributed by atoms with Gasteiger partial charge in [-0.15, -0.1) is 0 Å². The van der Waals surface area contributed by atoms with Crippen LogP contribution in [0.2, 0.25) is 0 Å². The van der Waals surface area contributed by atoms with E-state index >= 15 is 0 Å². The molecule has 0 aliphatic carbocycles. The monoisotopic (exact) mass is 301 g/mol. The lowest BCUT2D eigenvalue weighted by Gasteiger charge is -2.31. The molecule has 6 heteroatoms. The Hall–Kier alpha value is -2.21. The number of carbonyl (C=O) groups excluding carboxylic acids is 1. The highest BCUT2D eigenvalue weighted by Crippen LogP contribution is 2.23. The average molecular weight is 301 g/mol. The van der Waals surface area contributed by atoms with E-state index in [4.69, 9.17) is 9.63 Å². The predicted molar refractivity (Wildman–Crippen MR) is 80.1 cm³/mol. The van der Waals surface area contributed by atoms with Crippen molar-refractivity contribution >= 4 is 5.91 Å². The molecule has 1 N–H and O–H groups in total. The minimum atomic E-state index is -0.0912. The van der Waals surface area contributed by atoms with Crippen molar-refractivity contribution in [3.8, 4) is 11.3 Å². The fourth-order valence-corrected chi connectivity index (χ4v) is 2.80. The lowest BCUT2D eigenvalue weighted by molar-refractivity contribution is 0.0668. The molecule has 1 amide bonds. The second kappa shape index (κ2) is 6.70. The van der Waals surface area contributed by atoms with Gasteiger partial charge in [-0.3, -0.25) is 9.78 Å². The maximum Gasteiger partial charge on any atom is 0.276 e. The minimum Gasteiger partial charge on any atom is -0.396 e. The summed E-state index contributed by atoms with van der Waals surface area (Å²) >= 11 is 0. The maximum atomic E-state index is 12.5. The van der Waals surface area contributed by atoms with Gasteiger partial charge in [-0.25, -0.2) is 0 Å². The third-order valence-corrected chi connectivity index (χ3v) is 4.13. The summed E-state index contributed by atoms with van der Waals surface area (Å²) in [5.74, 6) is 0.992. The molecule has 2 aromatic heterocycles. The fraction of sp³-hybridized carbons (Fsp3) is 0.438. The molecule has 0 atom stereocenters. The van der Waals surface area contributed by atoms with Gasteiger partial charge in [-0.2, -0.15) is 0 Å². The van der Waals surface area contributed by atoms with E-state index in [2.05, 4.69) is 10.1 Å². The molecular weight excluding hydrogens is 282 g/mol. The molecule has 1 fully saturated rings. The highest BCUT2D eigenvalue weighted by Gasteiger charge is 2.25. The van der Waals surface area contributed by atoms with Gasteiger partial charge >= 0.3 is 0 Å². The molecule has 116 valence electrons. The zero-order valence-electron chi connectivity index (χ0n) is 12.3. The fourth-order valence-electron chi connectivity index (χ4n) is 2.80. The van der Waals surface area contributed by atoms with E-state index < -0.39 is 0 Å². The molecule has 6 nitrogen and oxygen atoms in total. The molecule has 0 aromatic carbocycles. The average Bonchev–Trinajstić information content (AvgIpc) is 3.06. The zero-order valence-corrected chi connectivity index (χ0v) is 12.3. The summed E-state index contributed by atoms with van der Waals surface area (Å²) in [5.41, 5.74) is 1.19. The van der Waals surface area contributed by atoms with Crippen LogP contribution >= 0.6 is 0 Å². The largest absolute Gasteiger partial charge is 0.396 e. The van der Waals surface area contributed by atoms with Gasteiger partial charge in [0.1, 0.15) is 0 Å². The van der Waals surface area contributed by atoms with Gasteiger partial charge in [-0.1, -0.05) is 5.16 Å². The number of aliphatic hydroxyl groups excluding tert-OH is 1. The summed E-state index contributed by atoms with van der Waals surface area (Å²) in [7, 11) is 0. The molecule has 1 aliphatic heterocycles. The van der Waals surface area contributed by atoms with Crippen molar-refractivity contribution in [1.29, 1.82) is 0 Å². The zero-order chi connectivity index (χ0) is 15.4. The van der Waals surface area contributed by atoms with Gasteiger partial charge in [-0.05, 0) is 37.3 Å². The van der Waals surface area contributed by atoms with E-state index in [9.17, 15) is 4.79 Å². The molecule has 0 radical (unpaired) electrons. The number of nitrogens with zero attached hydrogens (tertiary/aromatic N) is 3. The number of rotatable bonds is 4. The molecule has 1 saturated heterocycles. The van der Waals surface area contributed by atoms with Gasteiger partial charge in [0, 0.05) is 43.7 Å². The lowest BCUT2D eigenvalue weighted by Crippen LogP contribution is -2.38. The van der Waals surface area contributed by atoms with Gasteiger partial charge < -0.3 is 14.5 Å². The van der Waals surface area contributed by atoms with E-state index in [1.54, 1.807) is 18.5 Å². The minimum absolute atomic E-state index is 0.0912. The second-order valence-electron chi connectivity index (χ2n) is 5.56. The molecule has 2 aromatic rings. The Morgan fingerprint density at radius 2 is 2.05 bits per heavy atom. The van der Waals surface area contributed by atoms with Gasteiger partial charge in [0.25, 0.3) is 5.91 Å². The summed E-state index contributed by atoms with van der Waals surface area (Å²) in [4.78, 5) is 18.2. The van der Waals surface area contributed by atoms with E-state index in [1.807, 2.05) is 17.0 Å². The molecular formula is C16H19N3O3. The van der Waals surface area contributed by atoms with Crippen LogP contribution in [0.25, 0.3) is 11.3 Å². The van der Waals surface area contributed by atoms with Crippen LogP contribution < -0.4 is 0 Å². The summed E-state index contributed by atoms with van der Waals surface area (Å²) in [6, 6.07) is 5.31. The van der Waals surface area contributed by atoms with Crippen LogP contribution in [0.1, 0.15) is 29.8 Å². The SMILES string of the molecule is O=C(c1cc(-c2ccncc2)on1)N1CCC(CCO)CC1. The van der Waals surface area contributed by atoms with Gasteiger partial charge in [0.05, 0.1) is 0 Å². The van der Waals surface area contributed by atoms with Crippen molar-refractivity contribution in [3.05, 3.63) is 36.3 Å². The van der Waals surface area contributed by atoms with Crippen LogP contribution in [-0.2, 0) is 0 Å². The quantitative estimate of drug-likeness (QED) is 0.934. The molecule has 1 aliphatic rings. The van der Waals surface area contributed by atoms with Crippen LogP contribution in [0, 0.1) is 5.92 Å². The Morgan fingerprint density at radius 3 is 2.73 bits per heavy atom. The van der Waals surface area contributed by atoms with Crippen molar-refractivity contribution in [2.45, 2.75) is 19.3 Å². The standard InChI is InChI=1S/C16H19N3O3/c20-10-5-12-3-8-19(9-4-12)16(21)14-11-15(22-18-14)13-1-6-17-7-2-13/h1-2,6-7,11-12,20H,3-5,8-10H2. The van der Waals surface area contributed by atoms with Crippen molar-refractivity contribution in [2.24, 2.45) is 5.92 Å². The number of aliphatic hydroxyl groups is 1. The number of likely N-dealkylation sites (tertiary alicyclic amines) is 1. The van der Waals surface area contributed by atoms with Crippen LogP contribution in [0.5, 0.6) is 0 Å². The Kier molecular flexibility index (Phi) is 4.48. The molecule has 0 unspecified atom stereocenters. The van der Waals surface area contributed by atoms with E-state index in [1.165, 1.54) is 0 Å². The van der Waals surface area contributed by atoms with E-state index in [0.29, 0.717) is 30.5 Å². The van der Waals surface area contributed by atoms with Crippen molar-refractivity contribution < 1.29 is 14.4 Å². The maximum absolute atomic E-state index is 12.5. The van der Waals surface area contributed by atoms with Crippen LogP contribution in [0.3, 0.4) is 0 Å². The lowest BCUT2D eigenvalue weighted by atomic mass is 9.94. The molecule has 0 spiro atoms. The predicted octanol–water partition coefficient (Wildman–Crippen LogP) is 1.97. The van der Waals surface area contributed by atoms with Crippen molar-refractivity contribution in [1.82, 2.24) is 15.0 Å². The summed E-state index contributed by atoms with van der Waals surface area (Å²) < 4.78 is 5.26. The van der Waals surface area contributed by atoms with Gasteiger partial charge in [0.15, 0.2) is 11.5 Å². The first-order valence-corrected chi connectivity index (χ1v) is 7.55. The second-order valence-corrected chi connectivity index (χ2v) is 5.56. The number of piperidine rings is 1. The summed E-state index contributed by atoms with van der Waals surface area (Å²) in [6.45, 7) is 1.64. The van der Waals surface area contributed by atoms with Crippen molar-refractivity contribution in [2.75, 3.05) is 19.7 Å². The first-order valence-electron chi connectivity index (χ1n) is 7.55. The summed E-state index contributed by atoms with van der Waals surface area (Å²) in [5, 5.41) is 12.9. The van der Waals surface area contributed by atoms with Crippen LogP contribution in [0.4, 0.5) is 0 Å². The third kappa shape index (κ3) is 3.17. The Labute approximate surface area is 128 Å². The molecule has 3 heterocycles. The molecule has 3 rings (SSSR count). The van der Waals surface area contributed by atoms with E-state index in [0.717, 1.165) is 24.8 Å². The Morgan fingerprint density at radius 1 is 1.32 bits per heavy atom. The van der Waals surface area contributed by atoms with E-state index in [-0.39, 0.29) is 12.5 Å². The van der Waals surface area contributed by atoms with Crippen LogP contribution in [-0.4, -0.2) is 45.8 Å². The molecule has 0 bridgehead atoms. The Bertz CT molecular complexity index is 619. The molecule has 0 saturated carbocycles. The number of pyridine rings is 1. The third-order valence-electron chi connectivity index (χ3n) is 4.13. The Balaban J connectivity index is 1.65. The number of aromatic nitrogens is 2. The highest BCUT2D eigenvalue weighted by molar-refractivity contribution is 5.93. The first kappa shape index (κ1) is 14.7. The summed E-state index contributed by atoms with van der Waals surface area (Å²) in [6.07, 6.45) is 6.03. The number of hydrogen-bond acceptors (Lipinski definition) is 5. The topological polar surface area (TPSA) is 79.5 Å². The smallest absolute Gasteiger partial charge is 0.276 e. The highest BCUT2D eigenvalue weighted by atomic mass is 16.5. The normalized spacial score (nSPS) is 16.0. The van der Waals surface area contributed by atoms with Gasteiger partial charge in [0.2, 0.25) is 0 Å². The number of hydrogen-bond donors (Lipinski definition) is 1. The molecule has 22 heavy (non-hydrogen) atoms. The number of carbonyl (C=O) groups is 1. The first-order chi connectivity index (χ1) is 10.8. The number of amides is 1. The van der Waals surface area contributed by atoms with Crippen molar-refractivity contribution in [3.63, 3.8) is 0 Å². The van der Waals surface area contributed by atoms with Crippen LogP contribution in [0.15, 0.2) is 35.1 Å².